The number of H-pyrrole nitrogens is 1. The van der Waals surface area contributed by atoms with Crippen LogP contribution in [0.15, 0.2) is 18.3 Å². The van der Waals surface area contributed by atoms with Crippen LogP contribution in [0.3, 0.4) is 0 Å². The van der Waals surface area contributed by atoms with Gasteiger partial charge in [0, 0.05) is 35.0 Å². The molecule has 3 heterocycles. The number of alkyl halides is 3. The van der Waals surface area contributed by atoms with Crippen LogP contribution < -0.4 is 10.1 Å². The zero-order valence-electron chi connectivity index (χ0n) is 16.2. The van der Waals surface area contributed by atoms with E-state index < -0.39 is 18.8 Å². The number of carbonyl (C=O) groups excluding carboxylic acids is 2. The van der Waals surface area contributed by atoms with Crippen molar-refractivity contribution in [2.24, 2.45) is 0 Å². The lowest BCUT2D eigenvalue weighted by Gasteiger charge is -2.23. The minimum absolute atomic E-state index is 0.0194. The average Bonchev–Trinajstić information content (AvgIpc) is 3.20. The lowest BCUT2D eigenvalue weighted by Crippen LogP contribution is -2.27. The third-order valence-corrected chi connectivity index (χ3v) is 4.74. The first-order chi connectivity index (χ1) is 13.6. The third kappa shape index (κ3) is 4.36. The number of nitrogens with zero attached hydrogens (tertiary/aromatic N) is 2. The van der Waals surface area contributed by atoms with Crippen molar-refractivity contribution < 1.29 is 27.5 Å². The maximum absolute atomic E-state index is 12.9. The van der Waals surface area contributed by atoms with Crippen molar-refractivity contribution in [3.05, 3.63) is 40.7 Å². The van der Waals surface area contributed by atoms with Crippen LogP contribution in [-0.4, -0.2) is 39.5 Å². The summed E-state index contributed by atoms with van der Waals surface area (Å²) in [5, 5.41) is 2.69. The Bertz CT molecular complexity index is 939. The van der Waals surface area contributed by atoms with Gasteiger partial charge in [-0.15, -0.1) is 0 Å². The SMILES string of the molecule is CCC(=O)Nc1nccc2c1CN(C(C)c1cc(C)c(OCC(F)(F)F)[nH]1)C2=O. The summed E-state index contributed by atoms with van der Waals surface area (Å²) in [4.78, 5) is 33.1. The highest BCUT2D eigenvalue weighted by molar-refractivity contribution is 6.01. The van der Waals surface area contributed by atoms with Gasteiger partial charge in [0.2, 0.25) is 5.91 Å². The summed E-state index contributed by atoms with van der Waals surface area (Å²) in [6, 6.07) is 2.79. The van der Waals surface area contributed by atoms with E-state index in [0.717, 1.165) is 0 Å². The second kappa shape index (κ2) is 7.76. The zero-order chi connectivity index (χ0) is 21.3. The zero-order valence-corrected chi connectivity index (χ0v) is 16.2. The highest BCUT2D eigenvalue weighted by Crippen LogP contribution is 2.35. The molecule has 2 N–H and O–H groups in total. The number of rotatable bonds is 6. The minimum Gasteiger partial charge on any atom is -0.469 e. The number of anilines is 1. The Kier molecular flexibility index (Phi) is 5.54. The highest BCUT2D eigenvalue weighted by atomic mass is 19.4. The fourth-order valence-corrected chi connectivity index (χ4v) is 3.15. The summed E-state index contributed by atoms with van der Waals surface area (Å²) in [7, 11) is 0. The first-order valence-electron chi connectivity index (χ1n) is 9.08. The van der Waals surface area contributed by atoms with Crippen molar-refractivity contribution in [3.8, 4) is 5.88 Å². The third-order valence-electron chi connectivity index (χ3n) is 4.74. The van der Waals surface area contributed by atoms with Crippen LogP contribution in [0.25, 0.3) is 0 Å². The topological polar surface area (TPSA) is 87.3 Å². The van der Waals surface area contributed by atoms with Gasteiger partial charge in [-0.25, -0.2) is 4.98 Å². The van der Waals surface area contributed by atoms with Crippen LogP contribution in [0.1, 0.15) is 53.5 Å². The lowest BCUT2D eigenvalue weighted by molar-refractivity contribution is -0.154. The Morgan fingerprint density at radius 1 is 1.45 bits per heavy atom. The molecule has 0 fully saturated rings. The quantitative estimate of drug-likeness (QED) is 0.760. The number of halogens is 3. The molecule has 156 valence electrons. The van der Waals surface area contributed by atoms with Gasteiger partial charge in [-0.2, -0.15) is 13.2 Å². The van der Waals surface area contributed by atoms with Crippen LogP contribution in [-0.2, 0) is 11.3 Å². The number of carbonyl (C=O) groups is 2. The minimum atomic E-state index is -4.44. The first-order valence-corrected chi connectivity index (χ1v) is 9.08. The molecule has 0 saturated carbocycles. The molecule has 0 spiro atoms. The number of nitrogens with one attached hydrogen (secondary N) is 2. The smallest absolute Gasteiger partial charge is 0.422 e. The number of hydrogen-bond donors (Lipinski definition) is 2. The van der Waals surface area contributed by atoms with Gasteiger partial charge < -0.3 is 19.9 Å². The Morgan fingerprint density at radius 2 is 2.17 bits per heavy atom. The molecule has 3 rings (SSSR count). The molecule has 1 atom stereocenters. The van der Waals surface area contributed by atoms with Crippen LogP contribution in [0.4, 0.5) is 19.0 Å². The van der Waals surface area contributed by atoms with E-state index in [1.807, 2.05) is 0 Å². The number of ether oxygens (including phenoxy) is 1. The number of fused-ring (bicyclic) bond motifs is 1. The van der Waals surface area contributed by atoms with E-state index in [9.17, 15) is 22.8 Å². The van der Waals surface area contributed by atoms with Gasteiger partial charge in [0.1, 0.15) is 5.82 Å². The molecule has 0 saturated heterocycles. The van der Waals surface area contributed by atoms with Crippen molar-refractivity contribution in [2.75, 3.05) is 11.9 Å². The monoisotopic (exact) mass is 410 g/mol. The molecule has 1 unspecified atom stereocenters. The predicted octanol–water partition coefficient (Wildman–Crippen LogP) is 3.72. The molecule has 0 radical (unpaired) electrons. The summed E-state index contributed by atoms with van der Waals surface area (Å²) in [5.74, 6) is -0.0941. The van der Waals surface area contributed by atoms with Gasteiger partial charge in [0.05, 0.1) is 12.6 Å². The van der Waals surface area contributed by atoms with Gasteiger partial charge in [0.15, 0.2) is 12.5 Å². The number of aromatic amines is 1. The van der Waals surface area contributed by atoms with Crippen molar-refractivity contribution in [1.29, 1.82) is 0 Å². The number of amides is 2. The molecule has 0 bridgehead atoms. The Hall–Kier alpha value is -3.04. The van der Waals surface area contributed by atoms with Gasteiger partial charge in [-0.05, 0) is 26.0 Å². The van der Waals surface area contributed by atoms with Gasteiger partial charge in [-0.3, -0.25) is 9.59 Å². The van der Waals surface area contributed by atoms with Crippen molar-refractivity contribution in [1.82, 2.24) is 14.9 Å². The maximum atomic E-state index is 12.9. The molecule has 1 aliphatic heterocycles. The maximum Gasteiger partial charge on any atom is 0.422 e. The van der Waals surface area contributed by atoms with Crippen LogP contribution in [0.5, 0.6) is 5.88 Å². The number of aromatic nitrogens is 2. The van der Waals surface area contributed by atoms with E-state index in [1.165, 1.54) is 6.20 Å². The van der Waals surface area contributed by atoms with E-state index in [1.54, 1.807) is 37.8 Å². The number of hydrogen-bond acceptors (Lipinski definition) is 4. The first kappa shape index (κ1) is 20.7. The number of pyridine rings is 1. The summed E-state index contributed by atoms with van der Waals surface area (Å²) in [6.45, 7) is 3.92. The number of aryl methyl sites for hydroxylation is 1. The van der Waals surface area contributed by atoms with E-state index in [0.29, 0.717) is 28.2 Å². The van der Waals surface area contributed by atoms with Crippen LogP contribution in [0, 0.1) is 6.92 Å². The van der Waals surface area contributed by atoms with Gasteiger partial charge >= 0.3 is 6.18 Å². The second-order valence-electron chi connectivity index (χ2n) is 6.84. The summed E-state index contributed by atoms with van der Waals surface area (Å²) in [6.07, 6.45) is -2.71. The molecule has 1 aliphatic rings. The van der Waals surface area contributed by atoms with E-state index in [-0.39, 0.29) is 30.7 Å². The molecule has 0 aliphatic carbocycles. The summed E-state index contributed by atoms with van der Waals surface area (Å²) >= 11 is 0. The molecular weight excluding hydrogens is 389 g/mol. The molecule has 0 aromatic carbocycles. The Morgan fingerprint density at radius 3 is 2.83 bits per heavy atom. The van der Waals surface area contributed by atoms with Gasteiger partial charge in [-0.1, -0.05) is 6.92 Å². The standard InChI is InChI=1S/C19H21F3N4O3/c1-4-15(27)25-16-13-8-26(18(28)12(13)5-6-23-16)11(3)14-7-10(2)17(24-14)29-9-19(20,21)22/h5-7,11,24H,4,8-9H2,1-3H3,(H,23,25,27). The van der Waals surface area contributed by atoms with Crippen LogP contribution in [0.2, 0.25) is 0 Å². The average molecular weight is 410 g/mol. The lowest BCUT2D eigenvalue weighted by atomic mass is 10.1. The van der Waals surface area contributed by atoms with E-state index >= 15 is 0 Å². The fourth-order valence-electron chi connectivity index (χ4n) is 3.15. The summed E-state index contributed by atoms with van der Waals surface area (Å²) in [5.41, 5.74) is 2.11. The molecule has 2 amide bonds. The van der Waals surface area contributed by atoms with Crippen molar-refractivity contribution >= 4 is 17.6 Å². The molecule has 7 nitrogen and oxygen atoms in total. The highest BCUT2D eigenvalue weighted by Gasteiger charge is 2.35. The Balaban J connectivity index is 1.80. The van der Waals surface area contributed by atoms with E-state index in [2.05, 4.69) is 15.3 Å². The summed E-state index contributed by atoms with van der Waals surface area (Å²) < 4.78 is 42.1. The molecule has 10 heteroatoms. The van der Waals surface area contributed by atoms with Crippen LogP contribution >= 0.6 is 0 Å². The predicted molar refractivity (Wildman–Crippen MR) is 98.5 cm³/mol. The normalized spacial score (nSPS) is 14.7. The largest absolute Gasteiger partial charge is 0.469 e. The van der Waals surface area contributed by atoms with Crippen molar-refractivity contribution in [2.45, 2.75) is 46.0 Å². The van der Waals surface area contributed by atoms with Gasteiger partial charge in [0.25, 0.3) is 5.91 Å². The fraction of sp³-hybridized carbons (Fsp3) is 0.421. The van der Waals surface area contributed by atoms with Crippen molar-refractivity contribution in [3.63, 3.8) is 0 Å². The van der Waals surface area contributed by atoms with E-state index in [4.69, 9.17) is 4.74 Å². The molecular formula is C19H21F3N4O3. The second-order valence-corrected chi connectivity index (χ2v) is 6.84. The molecule has 2 aromatic heterocycles. The molecule has 2 aromatic rings. The Labute approximate surface area is 165 Å². The molecule has 29 heavy (non-hydrogen) atoms.